The Kier molecular flexibility index (Phi) is 5.65. The molecule has 1 heterocycles. The highest BCUT2D eigenvalue weighted by Crippen LogP contribution is 2.30. The molecule has 0 saturated heterocycles. The lowest BCUT2D eigenvalue weighted by Gasteiger charge is -2.12. The number of benzene rings is 2. The molecule has 1 amide bonds. The predicted octanol–water partition coefficient (Wildman–Crippen LogP) is 2.97. The van der Waals surface area contributed by atoms with Crippen molar-refractivity contribution in [3.8, 4) is 22.9 Å². The Morgan fingerprint density at radius 1 is 1.07 bits per heavy atom. The fourth-order valence-corrected chi connectivity index (χ4v) is 2.74. The number of anilines is 1. The standard InChI is InChI=1S/C19H16BrN3O5/c1-27-15-8-5-12(9-16(15)28-2)21-19(26)18-14(24)10-17(25)23(22-18)13-6-3-11(20)4-7-13/h3-10,24H,1-2H3,(H,21,26). The van der Waals surface area contributed by atoms with Crippen LogP contribution < -0.4 is 20.3 Å². The second-order valence-electron chi connectivity index (χ2n) is 5.63. The monoisotopic (exact) mass is 445 g/mol. The van der Waals surface area contributed by atoms with Gasteiger partial charge in [-0.15, -0.1) is 0 Å². The zero-order valence-corrected chi connectivity index (χ0v) is 16.6. The molecule has 28 heavy (non-hydrogen) atoms. The van der Waals surface area contributed by atoms with Gasteiger partial charge in [0, 0.05) is 22.3 Å². The molecule has 0 aliphatic rings. The summed E-state index contributed by atoms with van der Waals surface area (Å²) in [5, 5.41) is 16.7. The van der Waals surface area contributed by atoms with Crippen LogP contribution in [-0.2, 0) is 0 Å². The molecule has 0 unspecified atom stereocenters. The minimum absolute atomic E-state index is 0.294. The molecule has 0 atom stereocenters. The molecule has 2 N–H and O–H groups in total. The summed E-state index contributed by atoms with van der Waals surface area (Å²) in [6.45, 7) is 0. The van der Waals surface area contributed by atoms with Gasteiger partial charge in [0.1, 0.15) is 0 Å². The quantitative estimate of drug-likeness (QED) is 0.625. The van der Waals surface area contributed by atoms with E-state index in [1.54, 1.807) is 42.5 Å². The number of carbonyl (C=O) groups excluding carboxylic acids is 1. The molecule has 0 aliphatic heterocycles. The van der Waals surface area contributed by atoms with Crippen LogP contribution in [0.1, 0.15) is 10.5 Å². The Morgan fingerprint density at radius 3 is 2.39 bits per heavy atom. The first kappa shape index (κ1) is 19.4. The van der Waals surface area contributed by atoms with E-state index in [2.05, 4.69) is 26.3 Å². The van der Waals surface area contributed by atoms with E-state index in [1.165, 1.54) is 14.2 Å². The Bertz CT molecular complexity index is 1080. The number of amides is 1. The van der Waals surface area contributed by atoms with E-state index < -0.39 is 17.2 Å². The molecule has 144 valence electrons. The number of nitrogens with zero attached hydrogens (tertiary/aromatic N) is 2. The predicted molar refractivity (Wildman–Crippen MR) is 107 cm³/mol. The molecule has 1 aromatic heterocycles. The van der Waals surface area contributed by atoms with Gasteiger partial charge in [-0.1, -0.05) is 15.9 Å². The molecule has 0 saturated carbocycles. The fourth-order valence-electron chi connectivity index (χ4n) is 2.48. The minimum Gasteiger partial charge on any atom is -0.505 e. The second kappa shape index (κ2) is 8.13. The van der Waals surface area contributed by atoms with Crippen molar-refractivity contribution in [2.45, 2.75) is 0 Å². The third-order valence-corrected chi connectivity index (χ3v) is 4.37. The average Bonchev–Trinajstić information content (AvgIpc) is 2.68. The van der Waals surface area contributed by atoms with E-state index in [-0.39, 0.29) is 5.69 Å². The molecule has 9 heteroatoms. The van der Waals surface area contributed by atoms with Gasteiger partial charge in [-0.05, 0) is 36.4 Å². The highest BCUT2D eigenvalue weighted by Gasteiger charge is 2.18. The summed E-state index contributed by atoms with van der Waals surface area (Å²) < 4.78 is 12.2. The van der Waals surface area contributed by atoms with Crippen molar-refractivity contribution in [1.29, 1.82) is 0 Å². The maximum atomic E-state index is 12.6. The van der Waals surface area contributed by atoms with E-state index in [9.17, 15) is 14.7 Å². The highest BCUT2D eigenvalue weighted by atomic mass is 79.9. The molecular formula is C19H16BrN3O5. The molecule has 8 nitrogen and oxygen atoms in total. The van der Waals surface area contributed by atoms with Crippen LogP contribution in [0.15, 0.2) is 57.8 Å². The zero-order valence-electron chi connectivity index (χ0n) is 15.0. The molecule has 2 aromatic carbocycles. The number of hydrogen-bond acceptors (Lipinski definition) is 6. The van der Waals surface area contributed by atoms with Gasteiger partial charge in [0.05, 0.1) is 19.9 Å². The van der Waals surface area contributed by atoms with Crippen LogP contribution in [0.25, 0.3) is 5.69 Å². The lowest BCUT2D eigenvalue weighted by molar-refractivity contribution is 0.101. The number of nitrogens with one attached hydrogen (secondary N) is 1. The second-order valence-corrected chi connectivity index (χ2v) is 6.54. The summed E-state index contributed by atoms with van der Waals surface area (Å²) in [5.41, 5.74) is -0.00148. The van der Waals surface area contributed by atoms with Gasteiger partial charge in [0.15, 0.2) is 22.9 Å². The highest BCUT2D eigenvalue weighted by molar-refractivity contribution is 9.10. The first-order chi connectivity index (χ1) is 13.4. The van der Waals surface area contributed by atoms with E-state index in [0.717, 1.165) is 15.2 Å². The SMILES string of the molecule is COc1ccc(NC(=O)c2nn(-c3ccc(Br)cc3)c(=O)cc2O)cc1OC. The number of hydrogen-bond donors (Lipinski definition) is 2. The Balaban J connectivity index is 1.95. The van der Waals surface area contributed by atoms with Crippen molar-refractivity contribution in [3.05, 3.63) is 69.1 Å². The van der Waals surface area contributed by atoms with Gasteiger partial charge in [0.2, 0.25) is 0 Å². The Labute approximate surface area is 168 Å². The maximum Gasteiger partial charge on any atom is 0.279 e. The molecule has 0 aliphatic carbocycles. The molecule has 0 fully saturated rings. The van der Waals surface area contributed by atoms with Crippen LogP contribution in [0.4, 0.5) is 5.69 Å². The number of methoxy groups -OCH3 is 2. The zero-order chi connectivity index (χ0) is 20.3. The number of carbonyl (C=O) groups is 1. The first-order valence-corrected chi connectivity index (χ1v) is 8.85. The number of rotatable bonds is 5. The van der Waals surface area contributed by atoms with Gasteiger partial charge in [0.25, 0.3) is 11.5 Å². The number of aromatic nitrogens is 2. The summed E-state index contributed by atoms with van der Waals surface area (Å²) >= 11 is 3.31. The normalized spacial score (nSPS) is 10.4. The molecule has 0 spiro atoms. The lowest BCUT2D eigenvalue weighted by atomic mass is 10.2. The third-order valence-electron chi connectivity index (χ3n) is 3.84. The summed E-state index contributed by atoms with van der Waals surface area (Å²) in [6, 6.07) is 12.5. The molecule has 0 radical (unpaired) electrons. The van der Waals surface area contributed by atoms with Crippen molar-refractivity contribution in [1.82, 2.24) is 9.78 Å². The smallest absolute Gasteiger partial charge is 0.279 e. The molecule has 3 aromatic rings. The van der Waals surface area contributed by atoms with Crippen molar-refractivity contribution >= 4 is 27.5 Å². The van der Waals surface area contributed by atoms with Crippen LogP contribution in [0.5, 0.6) is 17.2 Å². The minimum atomic E-state index is -0.685. The van der Waals surface area contributed by atoms with E-state index >= 15 is 0 Å². The van der Waals surface area contributed by atoms with Crippen LogP contribution in [0.2, 0.25) is 0 Å². The average molecular weight is 446 g/mol. The van der Waals surface area contributed by atoms with Gasteiger partial charge in [-0.2, -0.15) is 9.78 Å². The van der Waals surface area contributed by atoms with Gasteiger partial charge in [-0.25, -0.2) is 0 Å². The first-order valence-electron chi connectivity index (χ1n) is 8.05. The molecule has 0 bridgehead atoms. The largest absolute Gasteiger partial charge is 0.505 e. The lowest BCUT2D eigenvalue weighted by Crippen LogP contribution is -2.25. The van der Waals surface area contributed by atoms with E-state index in [1.807, 2.05) is 0 Å². The van der Waals surface area contributed by atoms with E-state index in [0.29, 0.717) is 22.9 Å². The van der Waals surface area contributed by atoms with Crippen LogP contribution in [-0.4, -0.2) is 35.0 Å². The summed E-state index contributed by atoms with van der Waals surface area (Å²) in [6.07, 6.45) is 0. The fraction of sp³-hybridized carbons (Fsp3) is 0.105. The van der Waals surface area contributed by atoms with Gasteiger partial charge >= 0.3 is 0 Å². The summed E-state index contributed by atoms with van der Waals surface area (Å²) in [4.78, 5) is 24.8. The van der Waals surface area contributed by atoms with Gasteiger partial charge < -0.3 is 19.9 Å². The Morgan fingerprint density at radius 2 is 1.75 bits per heavy atom. The van der Waals surface area contributed by atoms with Crippen molar-refractivity contribution in [3.63, 3.8) is 0 Å². The maximum absolute atomic E-state index is 12.6. The van der Waals surface area contributed by atoms with Crippen molar-refractivity contribution in [2.24, 2.45) is 0 Å². The van der Waals surface area contributed by atoms with Crippen LogP contribution >= 0.6 is 15.9 Å². The van der Waals surface area contributed by atoms with Crippen molar-refractivity contribution < 1.29 is 19.4 Å². The summed E-state index contributed by atoms with van der Waals surface area (Å²) in [5.74, 6) is -0.269. The van der Waals surface area contributed by atoms with Gasteiger partial charge in [-0.3, -0.25) is 9.59 Å². The number of ether oxygens (including phenoxy) is 2. The molecular weight excluding hydrogens is 430 g/mol. The van der Waals surface area contributed by atoms with Crippen LogP contribution in [0, 0.1) is 0 Å². The van der Waals surface area contributed by atoms with E-state index in [4.69, 9.17) is 9.47 Å². The number of halogens is 1. The third kappa shape index (κ3) is 3.99. The topological polar surface area (TPSA) is 103 Å². The van der Waals surface area contributed by atoms with Crippen molar-refractivity contribution in [2.75, 3.05) is 19.5 Å². The number of aromatic hydroxyl groups is 1. The summed E-state index contributed by atoms with van der Waals surface area (Å²) in [7, 11) is 2.98. The Hall–Kier alpha value is -3.33. The van der Waals surface area contributed by atoms with Crippen LogP contribution in [0.3, 0.4) is 0 Å². The molecule has 3 rings (SSSR count).